The van der Waals surface area contributed by atoms with Crippen molar-refractivity contribution < 1.29 is 14.4 Å². The van der Waals surface area contributed by atoms with E-state index in [2.05, 4.69) is 5.32 Å². The van der Waals surface area contributed by atoms with E-state index in [0.29, 0.717) is 22.6 Å². The topological polar surface area (TPSA) is 50.7 Å². The van der Waals surface area contributed by atoms with Crippen molar-refractivity contribution >= 4 is 24.0 Å². The Morgan fingerprint density at radius 2 is 1.57 bits per heavy atom. The Morgan fingerprint density at radius 1 is 0.826 bits per heavy atom. The first kappa shape index (κ1) is 13.7. The van der Waals surface area contributed by atoms with Gasteiger partial charge in [0, 0.05) is 0 Å². The second-order valence-corrected chi connectivity index (χ2v) is 5.23. The maximum Gasteiger partial charge on any atom is 0.560 e. The van der Waals surface area contributed by atoms with Crippen molar-refractivity contribution in [2.45, 2.75) is 0 Å². The highest BCUT2D eigenvalue weighted by molar-refractivity contribution is 6.60. The molecule has 0 aromatic heterocycles. The molecule has 0 saturated carbocycles. The molecule has 0 saturated heterocycles. The van der Waals surface area contributed by atoms with Gasteiger partial charge in [0.25, 0.3) is 0 Å². The van der Waals surface area contributed by atoms with Crippen LogP contribution in [-0.4, -0.2) is 12.1 Å². The molecule has 1 heterocycles. The molecule has 5 heteroatoms. The number of hydrogen-bond donors (Lipinski definition) is 2. The van der Waals surface area contributed by atoms with E-state index in [0.717, 1.165) is 11.4 Å². The van der Waals surface area contributed by atoms with Crippen LogP contribution in [0.1, 0.15) is 0 Å². The second-order valence-electron chi connectivity index (χ2n) is 5.23. The van der Waals surface area contributed by atoms with E-state index >= 15 is 0 Å². The monoisotopic (exact) mass is 303 g/mol. The molecule has 0 spiro atoms. The number of fused-ring (bicyclic) bond motifs is 2. The van der Waals surface area contributed by atoms with E-state index in [1.54, 1.807) is 6.07 Å². The maximum atomic E-state index is 10.3. The lowest BCUT2D eigenvalue weighted by atomic mass is 9.79. The molecule has 4 nitrogen and oxygen atoms in total. The summed E-state index contributed by atoms with van der Waals surface area (Å²) in [5.41, 5.74) is 2.27. The zero-order valence-corrected chi connectivity index (χ0v) is 12.3. The predicted octanol–water partition coefficient (Wildman–Crippen LogP) is 3.30. The summed E-state index contributed by atoms with van der Waals surface area (Å²) in [6, 6.07) is 22.4. The van der Waals surface area contributed by atoms with Crippen LogP contribution in [-0.2, 0) is 0 Å². The largest absolute Gasteiger partial charge is 0.560 e. The van der Waals surface area contributed by atoms with Gasteiger partial charge in [-0.15, -0.1) is 0 Å². The van der Waals surface area contributed by atoms with Crippen LogP contribution >= 0.6 is 0 Å². The lowest BCUT2D eigenvalue weighted by Crippen LogP contribution is -2.36. The Morgan fingerprint density at radius 3 is 2.43 bits per heavy atom. The number of benzene rings is 3. The molecule has 23 heavy (non-hydrogen) atoms. The highest BCUT2D eigenvalue weighted by Gasteiger charge is 2.24. The average molecular weight is 303 g/mol. The Hall–Kier alpha value is -2.92. The predicted molar refractivity (Wildman–Crippen MR) is 90.9 cm³/mol. The van der Waals surface area contributed by atoms with Crippen LogP contribution in [0.25, 0.3) is 0 Å². The van der Waals surface area contributed by atoms with E-state index in [-0.39, 0.29) is 0 Å². The fraction of sp³-hybridized carbons (Fsp3) is 0. The molecule has 0 unspecified atom stereocenters. The molecule has 2 N–H and O–H groups in total. The van der Waals surface area contributed by atoms with Gasteiger partial charge in [0.1, 0.15) is 11.4 Å². The number of ether oxygens (including phenoxy) is 1. The van der Waals surface area contributed by atoms with Crippen molar-refractivity contribution in [3.8, 4) is 17.2 Å². The molecule has 0 amide bonds. The highest BCUT2D eigenvalue weighted by Crippen LogP contribution is 2.46. The lowest BCUT2D eigenvalue weighted by Gasteiger charge is -2.24. The van der Waals surface area contributed by atoms with Crippen LogP contribution in [0.15, 0.2) is 72.8 Å². The van der Waals surface area contributed by atoms with Crippen molar-refractivity contribution in [1.82, 2.24) is 0 Å². The quantitative estimate of drug-likeness (QED) is 0.570. The fourth-order valence-corrected chi connectivity index (χ4v) is 2.54. The van der Waals surface area contributed by atoms with Gasteiger partial charge in [-0.2, -0.15) is 0 Å². The summed E-state index contributed by atoms with van der Waals surface area (Å²) in [5.74, 6) is 1.97. The van der Waals surface area contributed by atoms with Crippen LogP contribution in [0, 0.1) is 0 Å². The molecular weight excluding hydrogens is 289 g/mol. The molecule has 0 aliphatic carbocycles. The smallest absolute Gasteiger partial charge is 0.531 e. The van der Waals surface area contributed by atoms with Crippen molar-refractivity contribution in [3.05, 3.63) is 72.8 Å². The summed E-state index contributed by atoms with van der Waals surface area (Å²) in [5, 5.41) is 13.6. The van der Waals surface area contributed by atoms with E-state index in [9.17, 15) is 5.02 Å². The van der Waals surface area contributed by atoms with Gasteiger partial charge < -0.3 is 19.7 Å². The Labute approximate surface area is 134 Å². The Kier molecular flexibility index (Phi) is 3.40. The molecule has 4 rings (SSSR count). The van der Waals surface area contributed by atoms with E-state index < -0.39 is 7.12 Å². The van der Waals surface area contributed by atoms with E-state index in [4.69, 9.17) is 9.39 Å². The van der Waals surface area contributed by atoms with Gasteiger partial charge in [-0.25, -0.2) is 0 Å². The first-order valence-electron chi connectivity index (χ1n) is 7.38. The van der Waals surface area contributed by atoms with Crippen molar-refractivity contribution in [2.75, 3.05) is 5.32 Å². The zero-order valence-electron chi connectivity index (χ0n) is 12.3. The molecule has 3 aromatic rings. The van der Waals surface area contributed by atoms with Gasteiger partial charge in [0.15, 0.2) is 11.5 Å². The second kappa shape index (κ2) is 5.70. The van der Waals surface area contributed by atoms with Crippen LogP contribution in [0.4, 0.5) is 11.4 Å². The maximum absolute atomic E-state index is 10.3. The van der Waals surface area contributed by atoms with Gasteiger partial charge in [0.2, 0.25) is 0 Å². The summed E-state index contributed by atoms with van der Waals surface area (Å²) >= 11 is 0. The van der Waals surface area contributed by atoms with Gasteiger partial charge in [-0.1, -0.05) is 48.5 Å². The van der Waals surface area contributed by atoms with E-state index in [1.165, 1.54) is 0 Å². The summed E-state index contributed by atoms with van der Waals surface area (Å²) in [6.07, 6.45) is 0. The van der Waals surface area contributed by atoms with Crippen molar-refractivity contribution in [1.29, 1.82) is 0 Å². The Bertz CT molecular complexity index is 839. The third-order valence-electron chi connectivity index (χ3n) is 3.68. The minimum absolute atomic E-state index is 0.536. The highest BCUT2D eigenvalue weighted by atomic mass is 16.5. The van der Waals surface area contributed by atoms with Crippen molar-refractivity contribution in [2.24, 2.45) is 0 Å². The van der Waals surface area contributed by atoms with Crippen LogP contribution < -0.4 is 20.2 Å². The average Bonchev–Trinajstić information content (AvgIpc) is 2.61. The van der Waals surface area contributed by atoms with Gasteiger partial charge >= 0.3 is 7.12 Å². The summed E-state index contributed by atoms with van der Waals surface area (Å²) in [6.45, 7) is 0. The molecule has 0 bridgehead atoms. The first-order valence-corrected chi connectivity index (χ1v) is 7.38. The summed E-state index contributed by atoms with van der Waals surface area (Å²) in [7, 11) is -1.04. The standard InChI is InChI=1S/C18H14BNO3/c21-19(13-7-2-1-3-8-13)23-17-12-6-11-16-18(17)20-14-9-4-5-10-15(14)22-16/h1-12,20-21H. The summed E-state index contributed by atoms with van der Waals surface area (Å²) in [4.78, 5) is 0. The molecule has 1 aliphatic rings. The van der Waals surface area contributed by atoms with Gasteiger partial charge in [0.05, 0.1) is 5.69 Å². The van der Waals surface area contributed by atoms with Gasteiger partial charge in [-0.05, 0) is 29.7 Å². The number of para-hydroxylation sites is 3. The van der Waals surface area contributed by atoms with E-state index in [1.807, 2.05) is 66.7 Å². The first-order chi connectivity index (χ1) is 11.3. The van der Waals surface area contributed by atoms with Crippen LogP contribution in [0.5, 0.6) is 17.2 Å². The molecule has 112 valence electrons. The normalized spacial score (nSPS) is 11.5. The minimum atomic E-state index is -1.04. The third-order valence-corrected chi connectivity index (χ3v) is 3.68. The number of hydrogen-bond acceptors (Lipinski definition) is 4. The molecule has 0 atom stereocenters. The third kappa shape index (κ3) is 2.62. The molecule has 1 aliphatic heterocycles. The summed E-state index contributed by atoms with van der Waals surface area (Å²) < 4.78 is 11.6. The SMILES string of the molecule is OB(Oc1cccc2c1Nc1ccccc1O2)c1ccccc1. The fourth-order valence-electron chi connectivity index (χ4n) is 2.54. The molecule has 0 fully saturated rings. The molecule has 3 aromatic carbocycles. The molecule has 0 radical (unpaired) electrons. The number of anilines is 2. The zero-order chi connectivity index (χ0) is 15.6. The van der Waals surface area contributed by atoms with Crippen LogP contribution in [0.2, 0.25) is 0 Å². The van der Waals surface area contributed by atoms with Gasteiger partial charge in [-0.3, -0.25) is 0 Å². The van der Waals surface area contributed by atoms with Crippen molar-refractivity contribution in [3.63, 3.8) is 0 Å². The molecular formula is C18H14BNO3. The van der Waals surface area contributed by atoms with Crippen LogP contribution in [0.3, 0.4) is 0 Å². The number of rotatable bonds is 3. The lowest BCUT2D eigenvalue weighted by molar-refractivity contribution is 0.429. The Balaban J connectivity index is 1.65. The number of nitrogens with one attached hydrogen (secondary N) is 1. The minimum Gasteiger partial charge on any atom is -0.531 e.